The number of rotatable bonds is 4. The van der Waals surface area contributed by atoms with Crippen LogP contribution in [0.4, 0.5) is 26.3 Å². The largest absolute Gasteiger partial charge is 0.472 e. The first-order valence-corrected chi connectivity index (χ1v) is 15.5. The van der Waals surface area contributed by atoms with Crippen molar-refractivity contribution in [3.8, 4) is 5.75 Å². The molecule has 1 aliphatic heterocycles. The van der Waals surface area contributed by atoms with E-state index in [1.165, 1.54) is 26.0 Å². The van der Waals surface area contributed by atoms with Crippen LogP contribution in [0.3, 0.4) is 0 Å². The molecular formula is C35H24F6OS2. The fourth-order valence-corrected chi connectivity index (χ4v) is 8.37. The molecule has 3 aromatic carbocycles. The van der Waals surface area contributed by atoms with E-state index in [2.05, 4.69) is 0 Å². The summed E-state index contributed by atoms with van der Waals surface area (Å²) in [6.45, 7) is 4.58. The van der Waals surface area contributed by atoms with E-state index in [4.69, 9.17) is 4.74 Å². The van der Waals surface area contributed by atoms with Crippen molar-refractivity contribution in [1.29, 1.82) is 0 Å². The lowest BCUT2D eigenvalue weighted by Crippen LogP contribution is -2.48. The first-order valence-electron chi connectivity index (χ1n) is 13.8. The summed E-state index contributed by atoms with van der Waals surface area (Å²) >= 11 is 2.15. The lowest BCUT2D eigenvalue weighted by molar-refractivity contribution is -0.254. The van der Waals surface area contributed by atoms with E-state index in [-0.39, 0.29) is 20.9 Å². The summed E-state index contributed by atoms with van der Waals surface area (Å²) in [5.74, 6) is -15.3. The fraction of sp³-hybridized carbons (Fsp3) is 0.200. The Morgan fingerprint density at radius 2 is 1.27 bits per heavy atom. The minimum absolute atomic E-state index is 0.196. The Hall–Kier alpha value is -3.82. The molecule has 0 bridgehead atoms. The highest BCUT2D eigenvalue weighted by Gasteiger charge is 2.80. The summed E-state index contributed by atoms with van der Waals surface area (Å²) in [6, 6.07) is 23.2. The molecule has 224 valence electrons. The molecule has 1 nitrogen and oxygen atoms in total. The highest BCUT2D eigenvalue weighted by Crippen LogP contribution is 2.66. The zero-order valence-corrected chi connectivity index (χ0v) is 25.3. The van der Waals surface area contributed by atoms with Gasteiger partial charge in [0.1, 0.15) is 5.75 Å². The smallest absolute Gasteiger partial charge is 0.380 e. The van der Waals surface area contributed by atoms with Crippen LogP contribution in [0.15, 0.2) is 84.9 Å². The van der Waals surface area contributed by atoms with Crippen LogP contribution in [0.2, 0.25) is 0 Å². The molecule has 2 aliphatic rings. The van der Waals surface area contributed by atoms with Gasteiger partial charge in [0.05, 0.1) is 4.88 Å². The van der Waals surface area contributed by atoms with Crippen molar-refractivity contribution in [2.45, 2.75) is 44.1 Å². The van der Waals surface area contributed by atoms with Crippen molar-refractivity contribution in [3.63, 3.8) is 0 Å². The molecule has 0 amide bonds. The molecule has 0 fully saturated rings. The molecular weight excluding hydrogens is 615 g/mol. The van der Waals surface area contributed by atoms with Crippen molar-refractivity contribution in [3.05, 3.63) is 127 Å². The number of halogens is 6. The molecule has 1 aliphatic carbocycles. The highest BCUT2D eigenvalue weighted by atomic mass is 32.1. The van der Waals surface area contributed by atoms with Gasteiger partial charge < -0.3 is 4.74 Å². The maximum absolute atomic E-state index is 15.7. The quantitative estimate of drug-likeness (QED) is 0.178. The van der Waals surface area contributed by atoms with Crippen LogP contribution in [0, 0.1) is 20.8 Å². The van der Waals surface area contributed by atoms with E-state index in [9.17, 15) is 0 Å². The summed E-state index contributed by atoms with van der Waals surface area (Å²) in [7, 11) is 0. The van der Waals surface area contributed by atoms with E-state index in [0.29, 0.717) is 21.1 Å². The Morgan fingerprint density at radius 1 is 0.659 bits per heavy atom. The fourth-order valence-electron chi connectivity index (χ4n) is 6.29. The first-order chi connectivity index (χ1) is 20.8. The van der Waals surface area contributed by atoms with Crippen LogP contribution in [0.5, 0.6) is 5.75 Å². The van der Waals surface area contributed by atoms with Crippen molar-refractivity contribution >= 4 is 50.7 Å². The number of hydrogen-bond acceptors (Lipinski definition) is 3. The minimum atomic E-state index is -5.63. The second-order valence-electron chi connectivity index (χ2n) is 11.1. The molecule has 5 aromatic rings. The molecule has 0 N–H and O–H groups in total. The van der Waals surface area contributed by atoms with Crippen molar-refractivity contribution in [1.82, 2.24) is 0 Å². The maximum atomic E-state index is 15.7. The van der Waals surface area contributed by atoms with Crippen LogP contribution < -0.4 is 4.74 Å². The lowest BCUT2D eigenvalue weighted by atomic mass is 9.86. The number of fused-ring (bicyclic) bond motifs is 3. The zero-order valence-electron chi connectivity index (χ0n) is 23.7. The van der Waals surface area contributed by atoms with Crippen LogP contribution in [0.25, 0.3) is 28.0 Å². The molecule has 0 saturated carbocycles. The van der Waals surface area contributed by atoms with Gasteiger partial charge in [-0.3, -0.25) is 0 Å². The van der Waals surface area contributed by atoms with Gasteiger partial charge >= 0.3 is 17.8 Å². The number of allylic oxidation sites excluding steroid dienone is 2. The third-order valence-corrected chi connectivity index (χ3v) is 10.6. The average molecular weight is 639 g/mol. The van der Waals surface area contributed by atoms with Gasteiger partial charge in [-0.15, -0.1) is 22.7 Å². The number of ether oxygens (including phenoxy) is 1. The topological polar surface area (TPSA) is 9.23 Å². The lowest BCUT2D eigenvalue weighted by Gasteiger charge is -2.35. The molecule has 2 aromatic heterocycles. The number of alkyl halides is 6. The average Bonchev–Trinajstić information content (AvgIpc) is 3.57. The zero-order chi connectivity index (χ0) is 31.2. The molecule has 0 radical (unpaired) electrons. The molecule has 1 unspecified atom stereocenters. The summed E-state index contributed by atoms with van der Waals surface area (Å²) in [5, 5.41) is 1.96. The third-order valence-electron chi connectivity index (χ3n) is 8.42. The third kappa shape index (κ3) is 3.84. The second-order valence-corrected chi connectivity index (χ2v) is 13.8. The normalized spacial score (nSPS) is 21.5. The van der Waals surface area contributed by atoms with Crippen LogP contribution in [0.1, 0.15) is 41.8 Å². The Kier molecular flexibility index (Phi) is 6.30. The van der Waals surface area contributed by atoms with Gasteiger partial charge in [0.15, 0.2) is 5.60 Å². The van der Waals surface area contributed by atoms with Gasteiger partial charge in [0.2, 0.25) is 0 Å². The molecule has 3 heterocycles. The van der Waals surface area contributed by atoms with Gasteiger partial charge in [-0.05, 0) is 73.0 Å². The van der Waals surface area contributed by atoms with Gasteiger partial charge in [0.25, 0.3) is 0 Å². The van der Waals surface area contributed by atoms with E-state index in [0.717, 1.165) is 39.0 Å². The van der Waals surface area contributed by atoms with E-state index < -0.39 is 34.5 Å². The molecule has 44 heavy (non-hydrogen) atoms. The van der Waals surface area contributed by atoms with Crippen molar-refractivity contribution in [2.24, 2.45) is 0 Å². The molecule has 7 rings (SSSR count). The van der Waals surface area contributed by atoms with Gasteiger partial charge in [0, 0.05) is 36.9 Å². The standard InChI is InChI=1S/C35H24F6OS2/c1-19-17-26(20(2)43-19)30-31(34(38,39)35(40,41)33(30,36)37)27-18-29(44-21(27)3)32(23-10-5-4-6-11-23)16-15-25-24-12-8-7-9-22(24)13-14-28(25)42-32/h4-18H,1-3H3. The Morgan fingerprint density at radius 3 is 1.93 bits per heavy atom. The molecule has 0 saturated heterocycles. The summed E-state index contributed by atoms with van der Waals surface area (Å²) < 4.78 is 99.3. The summed E-state index contributed by atoms with van der Waals surface area (Å²) in [6.07, 6.45) is 3.71. The Balaban J connectivity index is 1.48. The van der Waals surface area contributed by atoms with Gasteiger partial charge in [-0.1, -0.05) is 60.7 Å². The maximum Gasteiger partial charge on any atom is 0.380 e. The molecule has 9 heteroatoms. The Labute approximate surface area is 257 Å². The van der Waals surface area contributed by atoms with E-state index in [1.54, 1.807) is 19.1 Å². The van der Waals surface area contributed by atoms with Crippen LogP contribution in [-0.2, 0) is 5.60 Å². The number of aryl methyl sites for hydroxylation is 3. The Bertz CT molecular complexity index is 2020. The molecule has 0 spiro atoms. The minimum Gasteiger partial charge on any atom is -0.472 e. The molecule has 1 atom stereocenters. The highest BCUT2D eigenvalue weighted by molar-refractivity contribution is 7.12. The van der Waals surface area contributed by atoms with E-state index in [1.807, 2.05) is 66.7 Å². The second kappa shape index (κ2) is 9.59. The summed E-state index contributed by atoms with van der Waals surface area (Å²) in [5.41, 5.74) is -3.15. The van der Waals surface area contributed by atoms with Crippen molar-refractivity contribution < 1.29 is 31.1 Å². The van der Waals surface area contributed by atoms with Crippen LogP contribution >= 0.6 is 22.7 Å². The number of thiophene rings is 2. The van der Waals surface area contributed by atoms with Gasteiger partial charge in [-0.25, -0.2) is 0 Å². The predicted octanol–water partition coefficient (Wildman–Crippen LogP) is 11.1. The van der Waals surface area contributed by atoms with Crippen molar-refractivity contribution in [2.75, 3.05) is 0 Å². The van der Waals surface area contributed by atoms with E-state index >= 15 is 26.3 Å². The SMILES string of the molecule is Cc1cc(C2=C(c3cc(C4(c5ccccc5)C=Cc5c(ccc6ccccc56)O4)sc3C)C(F)(F)C(F)(F)C2(F)F)c(C)s1. The monoisotopic (exact) mass is 638 g/mol. The van der Waals surface area contributed by atoms with Crippen LogP contribution in [-0.4, -0.2) is 17.8 Å². The summed E-state index contributed by atoms with van der Waals surface area (Å²) in [4.78, 5) is 1.41. The predicted molar refractivity (Wildman–Crippen MR) is 165 cm³/mol. The van der Waals surface area contributed by atoms with Gasteiger partial charge in [-0.2, -0.15) is 26.3 Å². The number of hydrogen-bond donors (Lipinski definition) is 0. The first kappa shape index (κ1) is 28.9. The number of benzene rings is 3.